The van der Waals surface area contributed by atoms with Gasteiger partial charge in [-0.25, -0.2) is 9.59 Å². The van der Waals surface area contributed by atoms with Crippen LogP contribution in [-0.2, 0) is 26.7 Å². The zero-order valence-electron chi connectivity index (χ0n) is 6.99. The Bertz CT molecular complexity index is 232. The Balaban J connectivity index is 0. The first-order valence-corrected chi connectivity index (χ1v) is 3.44. The largest absolute Gasteiger partial charge is 0.481 e. The van der Waals surface area contributed by atoms with E-state index >= 15 is 0 Å². The Morgan fingerprint density at radius 3 is 2.07 bits per heavy atom. The average molecular weight is 254 g/mol. The second-order valence-electron chi connectivity index (χ2n) is 2.33. The number of hydrogen-bond acceptors (Lipinski definition) is 3. The first kappa shape index (κ1) is 15.2. The molecule has 0 fully saturated rings. The van der Waals surface area contributed by atoms with Gasteiger partial charge >= 0.3 is 18.0 Å². The summed E-state index contributed by atoms with van der Waals surface area (Å²) in [6, 6.07) is -2.23. The van der Waals surface area contributed by atoms with Gasteiger partial charge in [-0.05, 0) is 6.42 Å². The van der Waals surface area contributed by atoms with Crippen LogP contribution in [0.15, 0.2) is 0 Å². The monoisotopic (exact) mass is 253 g/mol. The molecule has 1 unspecified atom stereocenters. The molecule has 2 amide bonds. The van der Waals surface area contributed by atoms with Crippen LogP contribution < -0.4 is 11.1 Å². The predicted molar refractivity (Wildman–Crippen MR) is 41.0 cm³/mol. The summed E-state index contributed by atoms with van der Waals surface area (Å²) in [5.74, 6) is -2.43. The summed E-state index contributed by atoms with van der Waals surface area (Å²) >= 11 is 0. The third-order valence-corrected chi connectivity index (χ3v) is 1.26. The van der Waals surface area contributed by atoms with E-state index in [1.54, 1.807) is 0 Å². The Hall–Kier alpha value is -1.27. The van der Waals surface area contributed by atoms with Crippen molar-refractivity contribution < 1.29 is 41.7 Å². The molecule has 0 aromatic rings. The van der Waals surface area contributed by atoms with E-state index in [-0.39, 0.29) is 29.9 Å². The van der Waals surface area contributed by atoms with Crippen LogP contribution in [0.2, 0.25) is 0 Å². The zero-order valence-corrected chi connectivity index (χ0v) is 7.93. The molecular formula is C6H10CuN2O5. The molecule has 0 aliphatic rings. The summed E-state index contributed by atoms with van der Waals surface area (Å²) in [6.07, 6.45) is -0.523. The molecule has 0 bridgehead atoms. The van der Waals surface area contributed by atoms with Crippen molar-refractivity contribution in [3.05, 3.63) is 0 Å². The smallest absolute Gasteiger partial charge is 0.326 e. The maximum atomic E-state index is 10.4. The number of rotatable bonds is 5. The van der Waals surface area contributed by atoms with Gasteiger partial charge in [0, 0.05) is 23.5 Å². The molecular weight excluding hydrogens is 244 g/mol. The number of carboxylic acid groups (broad SMARTS) is 2. The van der Waals surface area contributed by atoms with E-state index < -0.39 is 24.0 Å². The van der Waals surface area contributed by atoms with E-state index in [2.05, 4.69) is 5.73 Å². The van der Waals surface area contributed by atoms with Crippen molar-refractivity contribution in [2.45, 2.75) is 18.9 Å². The number of nitrogens with two attached hydrogens (primary N) is 1. The number of urea groups is 1. The van der Waals surface area contributed by atoms with Crippen LogP contribution >= 0.6 is 0 Å². The van der Waals surface area contributed by atoms with Gasteiger partial charge in [0.1, 0.15) is 6.04 Å². The minimum absolute atomic E-state index is 0. The molecule has 0 heterocycles. The molecule has 0 aliphatic carbocycles. The SMILES string of the molecule is NC(=O)NC(CCC(=O)O)C(=O)O.[Cu]. The fourth-order valence-corrected chi connectivity index (χ4v) is 0.697. The summed E-state index contributed by atoms with van der Waals surface area (Å²) in [6.45, 7) is 0. The molecule has 7 nitrogen and oxygen atoms in total. The van der Waals surface area contributed by atoms with E-state index in [1.807, 2.05) is 5.32 Å². The molecule has 14 heavy (non-hydrogen) atoms. The molecule has 0 aromatic carbocycles. The predicted octanol–water partition coefficient (Wildman–Crippen LogP) is -1.03. The zero-order chi connectivity index (χ0) is 10.4. The van der Waals surface area contributed by atoms with Crippen molar-refractivity contribution in [3.8, 4) is 0 Å². The Labute approximate surface area is 90.1 Å². The van der Waals surface area contributed by atoms with Gasteiger partial charge in [-0.3, -0.25) is 4.79 Å². The second-order valence-corrected chi connectivity index (χ2v) is 2.33. The maximum Gasteiger partial charge on any atom is 0.326 e. The van der Waals surface area contributed by atoms with Crippen LogP contribution in [0.25, 0.3) is 0 Å². The normalized spacial score (nSPS) is 10.9. The standard InChI is InChI=1S/C6H10N2O5.Cu/c7-6(13)8-3(5(11)12)1-2-4(9)10;/h3H,1-2H2,(H,9,10)(H,11,12)(H3,7,8,13);. The second kappa shape index (κ2) is 7.16. The minimum Gasteiger partial charge on any atom is -0.481 e. The van der Waals surface area contributed by atoms with E-state index in [0.29, 0.717) is 0 Å². The van der Waals surface area contributed by atoms with E-state index in [0.717, 1.165) is 0 Å². The van der Waals surface area contributed by atoms with Gasteiger partial charge < -0.3 is 21.3 Å². The van der Waals surface area contributed by atoms with Crippen LogP contribution in [-0.4, -0.2) is 34.2 Å². The van der Waals surface area contributed by atoms with Crippen molar-refractivity contribution >= 4 is 18.0 Å². The van der Waals surface area contributed by atoms with Gasteiger partial charge in [0.2, 0.25) is 0 Å². The third-order valence-electron chi connectivity index (χ3n) is 1.26. The van der Waals surface area contributed by atoms with Crippen LogP contribution in [0.5, 0.6) is 0 Å². The molecule has 0 aliphatic heterocycles. The molecule has 1 atom stereocenters. The van der Waals surface area contributed by atoms with Gasteiger partial charge in [0.25, 0.3) is 0 Å². The molecule has 85 valence electrons. The molecule has 0 spiro atoms. The van der Waals surface area contributed by atoms with Crippen molar-refractivity contribution in [3.63, 3.8) is 0 Å². The summed E-state index contributed by atoms with van der Waals surface area (Å²) < 4.78 is 0. The van der Waals surface area contributed by atoms with Gasteiger partial charge in [0.05, 0.1) is 0 Å². The van der Waals surface area contributed by atoms with Crippen LogP contribution in [0.3, 0.4) is 0 Å². The molecule has 0 rings (SSSR count). The van der Waals surface area contributed by atoms with Crippen molar-refractivity contribution in [1.82, 2.24) is 5.32 Å². The van der Waals surface area contributed by atoms with Gasteiger partial charge in [-0.2, -0.15) is 0 Å². The summed E-state index contributed by atoms with van der Waals surface area (Å²) in [4.78, 5) is 30.7. The van der Waals surface area contributed by atoms with Gasteiger partial charge in [-0.15, -0.1) is 0 Å². The van der Waals surface area contributed by atoms with Crippen LogP contribution in [0, 0.1) is 0 Å². The number of carbonyl (C=O) groups is 3. The summed E-state index contributed by atoms with van der Waals surface area (Å²) in [5.41, 5.74) is 4.68. The molecule has 0 saturated heterocycles. The number of carbonyl (C=O) groups excluding carboxylic acids is 1. The minimum atomic E-state index is -1.31. The number of carboxylic acids is 2. The quantitative estimate of drug-likeness (QED) is 0.466. The fraction of sp³-hybridized carbons (Fsp3) is 0.500. The Morgan fingerprint density at radius 2 is 1.79 bits per heavy atom. The average Bonchev–Trinajstić information content (AvgIpc) is 1.96. The Kier molecular flexibility index (Phi) is 7.78. The topological polar surface area (TPSA) is 130 Å². The van der Waals surface area contributed by atoms with E-state index in [9.17, 15) is 14.4 Å². The molecule has 1 radical (unpaired) electrons. The number of primary amides is 1. The van der Waals surface area contributed by atoms with Gasteiger partial charge in [0.15, 0.2) is 0 Å². The molecule has 5 N–H and O–H groups in total. The third kappa shape index (κ3) is 7.38. The Morgan fingerprint density at radius 1 is 1.29 bits per heavy atom. The summed E-state index contributed by atoms with van der Waals surface area (Å²) in [5, 5.41) is 18.6. The number of amides is 2. The summed E-state index contributed by atoms with van der Waals surface area (Å²) in [7, 11) is 0. The van der Waals surface area contributed by atoms with Crippen molar-refractivity contribution in [2.75, 3.05) is 0 Å². The van der Waals surface area contributed by atoms with Crippen molar-refractivity contribution in [1.29, 1.82) is 0 Å². The van der Waals surface area contributed by atoms with Crippen LogP contribution in [0.4, 0.5) is 4.79 Å². The number of hydrogen-bond donors (Lipinski definition) is 4. The fourth-order valence-electron chi connectivity index (χ4n) is 0.697. The molecule has 0 aromatic heterocycles. The maximum absolute atomic E-state index is 10.4. The van der Waals surface area contributed by atoms with E-state index in [4.69, 9.17) is 10.2 Å². The van der Waals surface area contributed by atoms with Crippen molar-refractivity contribution in [2.24, 2.45) is 5.73 Å². The van der Waals surface area contributed by atoms with E-state index in [1.165, 1.54) is 0 Å². The first-order chi connectivity index (χ1) is 5.93. The molecule has 0 saturated carbocycles. The first-order valence-electron chi connectivity index (χ1n) is 3.44. The number of aliphatic carboxylic acids is 2. The van der Waals surface area contributed by atoms with Crippen LogP contribution in [0.1, 0.15) is 12.8 Å². The van der Waals surface area contributed by atoms with Gasteiger partial charge in [-0.1, -0.05) is 0 Å². The number of nitrogens with one attached hydrogen (secondary N) is 1. The molecule has 8 heteroatoms.